The fourth-order valence-electron chi connectivity index (χ4n) is 1.70. The van der Waals surface area contributed by atoms with Crippen molar-refractivity contribution >= 4 is 5.91 Å². The Labute approximate surface area is 117 Å². The van der Waals surface area contributed by atoms with Crippen LogP contribution in [0.25, 0.3) is 0 Å². The van der Waals surface area contributed by atoms with Crippen molar-refractivity contribution in [1.82, 2.24) is 10.3 Å². The SMILES string of the molecule is O=C(NCc1ccncc1)c1cccc(C(F)(F)F)c1F. The summed E-state index contributed by atoms with van der Waals surface area (Å²) in [7, 11) is 0. The van der Waals surface area contributed by atoms with Gasteiger partial charge in [-0.3, -0.25) is 9.78 Å². The molecule has 2 aromatic rings. The van der Waals surface area contributed by atoms with Crippen molar-refractivity contribution < 1.29 is 22.4 Å². The van der Waals surface area contributed by atoms with E-state index in [1.165, 1.54) is 12.4 Å². The summed E-state index contributed by atoms with van der Waals surface area (Å²) in [6.45, 7) is 0.0665. The molecule has 0 unspecified atom stereocenters. The van der Waals surface area contributed by atoms with Gasteiger partial charge in [-0.15, -0.1) is 0 Å². The Morgan fingerprint density at radius 1 is 1.14 bits per heavy atom. The van der Waals surface area contributed by atoms with Gasteiger partial charge in [-0.05, 0) is 29.8 Å². The van der Waals surface area contributed by atoms with Crippen molar-refractivity contribution in [2.75, 3.05) is 0 Å². The van der Waals surface area contributed by atoms with Crippen LogP contribution in [0, 0.1) is 5.82 Å². The Morgan fingerprint density at radius 2 is 1.81 bits per heavy atom. The average Bonchev–Trinajstić information content (AvgIpc) is 2.45. The summed E-state index contributed by atoms with van der Waals surface area (Å²) >= 11 is 0. The topological polar surface area (TPSA) is 42.0 Å². The molecule has 3 nitrogen and oxygen atoms in total. The molecule has 0 saturated carbocycles. The molecular formula is C14H10F4N2O. The largest absolute Gasteiger partial charge is 0.419 e. The smallest absolute Gasteiger partial charge is 0.348 e. The lowest BCUT2D eigenvalue weighted by Gasteiger charge is -2.11. The van der Waals surface area contributed by atoms with E-state index < -0.39 is 29.0 Å². The first kappa shape index (κ1) is 15.0. The van der Waals surface area contributed by atoms with Crippen LogP contribution < -0.4 is 5.32 Å². The number of nitrogens with zero attached hydrogens (tertiary/aromatic N) is 1. The van der Waals surface area contributed by atoms with Crippen molar-refractivity contribution in [1.29, 1.82) is 0 Å². The van der Waals surface area contributed by atoms with E-state index in [1.54, 1.807) is 12.1 Å². The number of amides is 1. The lowest BCUT2D eigenvalue weighted by molar-refractivity contribution is -0.140. The molecule has 0 spiro atoms. The van der Waals surface area contributed by atoms with E-state index >= 15 is 0 Å². The Morgan fingerprint density at radius 3 is 2.43 bits per heavy atom. The number of alkyl halides is 3. The minimum Gasteiger partial charge on any atom is -0.348 e. The van der Waals surface area contributed by atoms with Crippen LogP contribution in [0.3, 0.4) is 0 Å². The minimum absolute atomic E-state index is 0.0665. The standard InChI is InChI=1S/C14H10F4N2O/c15-12-10(2-1-3-11(12)14(16,17)18)13(21)20-8-9-4-6-19-7-5-9/h1-7H,8H2,(H,20,21). The Kier molecular flexibility index (Phi) is 4.21. The Balaban J connectivity index is 2.17. The second-order valence-corrected chi connectivity index (χ2v) is 4.20. The molecule has 1 heterocycles. The fraction of sp³-hybridized carbons (Fsp3) is 0.143. The number of nitrogens with one attached hydrogen (secondary N) is 1. The van der Waals surface area contributed by atoms with Crippen LogP contribution in [0.2, 0.25) is 0 Å². The maximum Gasteiger partial charge on any atom is 0.419 e. The molecule has 0 bridgehead atoms. The van der Waals surface area contributed by atoms with Crippen LogP contribution in [0.4, 0.5) is 17.6 Å². The van der Waals surface area contributed by atoms with Crippen LogP contribution in [-0.4, -0.2) is 10.9 Å². The van der Waals surface area contributed by atoms with Crippen molar-refractivity contribution in [3.63, 3.8) is 0 Å². The number of aromatic nitrogens is 1. The van der Waals surface area contributed by atoms with Crippen LogP contribution in [0.5, 0.6) is 0 Å². The van der Waals surface area contributed by atoms with Crippen LogP contribution in [0.1, 0.15) is 21.5 Å². The third kappa shape index (κ3) is 3.56. The quantitative estimate of drug-likeness (QED) is 0.884. The highest BCUT2D eigenvalue weighted by atomic mass is 19.4. The maximum atomic E-state index is 13.8. The van der Waals surface area contributed by atoms with Gasteiger partial charge in [0.25, 0.3) is 5.91 Å². The Bertz CT molecular complexity index is 641. The van der Waals surface area contributed by atoms with Crippen LogP contribution in [0.15, 0.2) is 42.7 Å². The van der Waals surface area contributed by atoms with Gasteiger partial charge in [0.2, 0.25) is 0 Å². The minimum atomic E-state index is -4.84. The first-order valence-corrected chi connectivity index (χ1v) is 5.92. The van der Waals surface area contributed by atoms with Gasteiger partial charge >= 0.3 is 6.18 Å². The lowest BCUT2D eigenvalue weighted by atomic mass is 10.1. The molecule has 0 atom stereocenters. The van der Waals surface area contributed by atoms with Crippen molar-refractivity contribution in [2.45, 2.75) is 12.7 Å². The molecule has 0 aliphatic carbocycles. The molecule has 110 valence electrons. The summed E-state index contributed by atoms with van der Waals surface area (Å²) in [5.74, 6) is -2.48. The zero-order valence-corrected chi connectivity index (χ0v) is 10.6. The highest BCUT2D eigenvalue weighted by molar-refractivity contribution is 5.94. The number of carbonyl (C=O) groups is 1. The number of carbonyl (C=O) groups excluding carboxylic acids is 1. The van der Waals surface area contributed by atoms with E-state index in [2.05, 4.69) is 10.3 Å². The van der Waals surface area contributed by atoms with Crippen molar-refractivity contribution in [3.05, 3.63) is 65.2 Å². The molecule has 0 saturated heterocycles. The monoisotopic (exact) mass is 298 g/mol. The average molecular weight is 298 g/mol. The van der Waals surface area contributed by atoms with Gasteiger partial charge in [-0.25, -0.2) is 4.39 Å². The summed E-state index contributed by atoms with van der Waals surface area (Å²) < 4.78 is 51.4. The molecule has 0 radical (unpaired) electrons. The molecule has 0 aliphatic heterocycles. The second-order valence-electron chi connectivity index (χ2n) is 4.20. The predicted octanol–water partition coefficient (Wildman–Crippen LogP) is 3.17. The molecular weight excluding hydrogens is 288 g/mol. The summed E-state index contributed by atoms with van der Waals surface area (Å²) in [5, 5.41) is 2.36. The van der Waals surface area contributed by atoms with Gasteiger partial charge in [0.1, 0.15) is 5.82 Å². The Hall–Kier alpha value is -2.44. The second kappa shape index (κ2) is 5.90. The van der Waals surface area contributed by atoms with E-state index in [1.807, 2.05) is 0 Å². The number of benzene rings is 1. The number of halogens is 4. The van der Waals surface area contributed by atoms with E-state index in [0.717, 1.165) is 12.1 Å². The van der Waals surface area contributed by atoms with Gasteiger partial charge in [0.15, 0.2) is 0 Å². The van der Waals surface area contributed by atoms with E-state index in [9.17, 15) is 22.4 Å². The number of hydrogen-bond donors (Lipinski definition) is 1. The highest BCUT2D eigenvalue weighted by Crippen LogP contribution is 2.32. The van der Waals surface area contributed by atoms with Crippen LogP contribution in [-0.2, 0) is 12.7 Å². The van der Waals surface area contributed by atoms with Gasteiger partial charge in [0, 0.05) is 18.9 Å². The van der Waals surface area contributed by atoms with Crippen LogP contribution >= 0.6 is 0 Å². The molecule has 1 aromatic heterocycles. The molecule has 21 heavy (non-hydrogen) atoms. The summed E-state index contributed by atoms with van der Waals surface area (Å²) in [4.78, 5) is 15.6. The van der Waals surface area contributed by atoms with Gasteiger partial charge in [0.05, 0.1) is 11.1 Å². The summed E-state index contributed by atoms with van der Waals surface area (Å²) in [5.41, 5.74) is -1.40. The number of pyridine rings is 1. The third-order valence-corrected chi connectivity index (χ3v) is 2.75. The maximum absolute atomic E-state index is 13.8. The highest BCUT2D eigenvalue weighted by Gasteiger charge is 2.35. The molecule has 2 rings (SSSR count). The summed E-state index contributed by atoms with van der Waals surface area (Å²) in [6.07, 6.45) is -1.83. The van der Waals surface area contributed by atoms with Gasteiger partial charge in [-0.2, -0.15) is 13.2 Å². The molecule has 0 aliphatic rings. The molecule has 1 amide bonds. The van der Waals surface area contributed by atoms with E-state index in [0.29, 0.717) is 11.6 Å². The zero-order valence-electron chi connectivity index (χ0n) is 10.6. The lowest BCUT2D eigenvalue weighted by Crippen LogP contribution is -2.25. The molecule has 1 aromatic carbocycles. The summed E-state index contributed by atoms with van der Waals surface area (Å²) in [6, 6.07) is 5.85. The molecule has 7 heteroatoms. The molecule has 0 fully saturated rings. The zero-order chi connectivity index (χ0) is 15.5. The predicted molar refractivity (Wildman–Crippen MR) is 66.8 cm³/mol. The third-order valence-electron chi connectivity index (χ3n) is 2.75. The van der Waals surface area contributed by atoms with Crippen molar-refractivity contribution in [3.8, 4) is 0 Å². The fourth-order valence-corrected chi connectivity index (χ4v) is 1.70. The molecule has 1 N–H and O–H groups in total. The first-order chi connectivity index (χ1) is 9.89. The van der Waals surface area contributed by atoms with Gasteiger partial charge in [-0.1, -0.05) is 6.07 Å². The van der Waals surface area contributed by atoms with Gasteiger partial charge < -0.3 is 5.32 Å². The van der Waals surface area contributed by atoms with E-state index in [4.69, 9.17) is 0 Å². The van der Waals surface area contributed by atoms with E-state index in [-0.39, 0.29) is 6.54 Å². The number of rotatable bonds is 3. The first-order valence-electron chi connectivity index (χ1n) is 5.92. The number of hydrogen-bond acceptors (Lipinski definition) is 2. The normalized spacial score (nSPS) is 11.2. The van der Waals surface area contributed by atoms with Crippen molar-refractivity contribution in [2.24, 2.45) is 0 Å².